The van der Waals surface area contributed by atoms with Gasteiger partial charge in [-0.25, -0.2) is 4.68 Å². The van der Waals surface area contributed by atoms with Crippen molar-refractivity contribution in [1.29, 1.82) is 0 Å². The van der Waals surface area contributed by atoms with Crippen LogP contribution in [0, 0.1) is 6.92 Å². The van der Waals surface area contributed by atoms with Gasteiger partial charge in [0.15, 0.2) is 5.82 Å². The Bertz CT molecular complexity index is 941. The number of furan rings is 1. The molecule has 1 aliphatic heterocycles. The third kappa shape index (κ3) is 3.57. The van der Waals surface area contributed by atoms with Crippen LogP contribution >= 0.6 is 11.8 Å². The molecule has 3 aromatic rings. The number of nitrogens with two attached hydrogens (primary N) is 1. The molecule has 1 aliphatic rings. The second-order valence-corrected chi connectivity index (χ2v) is 7.49. The molecule has 0 spiro atoms. The maximum absolute atomic E-state index is 12.4. The van der Waals surface area contributed by atoms with E-state index < -0.39 is 0 Å². The van der Waals surface area contributed by atoms with Crippen molar-refractivity contribution in [1.82, 2.24) is 19.8 Å². The Hall–Kier alpha value is -2.74. The minimum absolute atomic E-state index is 0.119. The molecule has 2 N–H and O–H groups in total. The van der Waals surface area contributed by atoms with Crippen molar-refractivity contribution in [3.63, 3.8) is 0 Å². The zero-order chi connectivity index (χ0) is 18.8. The van der Waals surface area contributed by atoms with E-state index in [1.807, 2.05) is 42.2 Å². The molecule has 7 nitrogen and oxygen atoms in total. The number of aryl methyl sites for hydroxylation is 1. The van der Waals surface area contributed by atoms with E-state index in [4.69, 9.17) is 10.3 Å². The summed E-state index contributed by atoms with van der Waals surface area (Å²) in [7, 11) is 0. The lowest BCUT2D eigenvalue weighted by atomic mass is 10.1. The first-order valence-electron chi connectivity index (χ1n) is 8.89. The first-order valence-corrected chi connectivity index (χ1v) is 9.88. The summed E-state index contributed by atoms with van der Waals surface area (Å²) in [5.74, 6) is 8.28. The quantitative estimate of drug-likeness (QED) is 0.538. The maximum Gasteiger partial charge on any atom is 0.253 e. The zero-order valence-corrected chi connectivity index (χ0v) is 15.9. The summed E-state index contributed by atoms with van der Waals surface area (Å²) in [5, 5.41) is 8.97. The van der Waals surface area contributed by atoms with Crippen molar-refractivity contribution in [3.05, 3.63) is 53.5 Å². The highest BCUT2D eigenvalue weighted by atomic mass is 32.2. The van der Waals surface area contributed by atoms with E-state index >= 15 is 0 Å². The summed E-state index contributed by atoms with van der Waals surface area (Å²) < 4.78 is 6.79. The van der Waals surface area contributed by atoms with Gasteiger partial charge in [-0.3, -0.25) is 4.79 Å². The number of rotatable bonds is 5. The van der Waals surface area contributed by atoms with Crippen LogP contribution in [0.1, 0.15) is 34.5 Å². The summed E-state index contributed by atoms with van der Waals surface area (Å²) in [6.07, 6.45) is 3.80. The van der Waals surface area contributed by atoms with E-state index in [0.717, 1.165) is 48.4 Å². The SMILES string of the molecule is Cc1occc1-c1nnc(SCc2ccc(C(=O)N3CCCC3)cc2)n1N. The summed E-state index contributed by atoms with van der Waals surface area (Å²) in [4.78, 5) is 14.3. The fourth-order valence-corrected chi connectivity index (χ4v) is 3.98. The van der Waals surface area contributed by atoms with Crippen molar-refractivity contribution in [2.24, 2.45) is 0 Å². The Kier molecular flexibility index (Phi) is 4.89. The first-order chi connectivity index (χ1) is 13.1. The number of nitrogen functional groups attached to an aromatic ring is 1. The van der Waals surface area contributed by atoms with Crippen LogP contribution in [0.15, 0.2) is 46.2 Å². The summed E-state index contributed by atoms with van der Waals surface area (Å²) in [5.41, 5.74) is 2.68. The predicted octanol–water partition coefficient (Wildman–Crippen LogP) is 3.09. The zero-order valence-electron chi connectivity index (χ0n) is 15.1. The number of aromatic nitrogens is 3. The Morgan fingerprint density at radius 2 is 1.93 bits per heavy atom. The fraction of sp³-hybridized carbons (Fsp3) is 0.316. The van der Waals surface area contributed by atoms with Crippen LogP contribution in [0.4, 0.5) is 0 Å². The van der Waals surface area contributed by atoms with Crippen LogP contribution in [-0.4, -0.2) is 38.8 Å². The summed E-state index contributed by atoms with van der Waals surface area (Å²) >= 11 is 1.50. The number of amides is 1. The largest absolute Gasteiger partial charge is 0.469 e. The Balaban J connectivity index is 1.41. The van der Waals surface area contributed by atoms with Crippen molar-refractivity contribution in [2.75, 3.05) is 18.9 Å². The Morgan fingerprint density at radius 1 is 1.19 bits per heavy atom. The topological polar surface area (TPSA) is 90.2 Å². The van der Waals surface area contributed by atoms with E-state index in [0.29, 0.717) is 16.7 Å². The second-order valence-electron chi connectivity index (χ2n) is 6.55. The van der Waals surface area contributed by atoms with Gasteiger partial charge in [-0.1, -0.05) is 23.9 Å². The highest BCUT2D eigenvalue weighted by Crippen LogP contribution is 2.26. The van der Waals surface area contributed by atoms with Crippen LogP contribution in [0.3, 0.4) is 0 Å². The van der Waals surface area contributed by atoms with Gasteiger partial charge in [0.25, 0.3) is 5.91 Å². The lowest BCUT2D eigenvalue weighted by Crippen LogP contribution is -2.27. The molecule has 1 saturated heterocycles. The van der Waals surface area contributed by atoms with Gasteiger partial charge in [0, 0.05) is 24.4 Å². The number of benzene rings is 1. The van der Waals surface area contributed by atoms with E-state index in [1.165, 1.54) is 16.4 Å². The van der Waals surface area contributed by atoms with Gasteiger partial charge < -0.3 is 15.2 Å². The molecule has 1 aromatic carbocycles. The lowest BCUT2D eigenvalue weighted by Gasteiger charge is -2.15. The predicted molar refractivity (Wildman–Crippen MR) is 104 cm³/mol. The molecule has 0 saturated carbocycles. The minimum atomic E-state index is 0.119. The Labute approximate surface area is 161 Å². The van der Waals surface area contributed by atoms with Crippen molar-refractivity contribution >= 4 is 17.7 Å². The van der Waals surface area contributed by atoms with Gasteiger partial charge in [0.2, 0.25) is 5.16 Å². The number of carbonyl (C=O) groups is 1. The molecule has 3 heterocycles. The molecular weight excluding hydrogens is 362 g/mol. The van der Waals surface area contributed by atoms with E-state index in [1.54, 1.807) is 6.26 Å². The van der Waals surface area contributed by atoms with Gasteiger partial charge in [0.1, 0.15) is 5.76 Å². The number of likely N-dealkylation sites (tertiary alicyclic amines) is 1. The molecule has 8 heteroatoms. The van der Waals surface area contributed by atoms with Crippen LogP contribution in [0.25, 0.3) is 11.4 Å². The molecule has 1 fully saturated rings. The minimum Gasteiger partial charge on any atom is -0.469 e. The third-order valence-electron chi connectivity index (χ3n) is 4.73. The number of hydrogen-bond acceptors (Lipinski definition) is 6. The molecule has 0 aliphatic carbocycles. The standard InChI is InChI=1S/C19H21N5O2S/c1-13-16(8-11-26-13)17-21-22-19(24(17)20)27-12-14-4-6-15(7-5-14)18(25)23-9-2-3-10-23/h4-8,11H,2-3,9-10,12,20H2,1H3. The Morgan fingerprint density at radius 3 is 2.59 bits per heavy atom. The molecule has 140 valence electrons. The van der Waals surface area contributed by atoms with Crippen LogP contribution in [0.5, 0.6) is 0 Å². The van der Waals surface area contributed by atoms with Crippen LogP contribution < -0.4 is 5.84 Å². The van der Waals surface area contributed by atoms with Crippen molar-refractivity contribution in [3.8, 4) is 11.4 Å². The summed E-state index contributed by atoms with van der Waals surface area (Å²) in [6, 6.07) is 9.57. The highest BCUT2D eigenvalue weighted by Gasteiger charge is 2.19. The van der Waals surface area contributed by atoms with Crippen molar-refractivity contribution < 1.29 is 9.21 Å². The summed E-state index contributed by atoms with van der Waals surface area (Å²) in [6.45, 7) is 3.59. The number of hydrogen-bond donors (Lipinski definition) is 1. The van der Waals surface area contributed by atoms with Gasteiger partial charge in [-0.15, -0.1) is 10.2 Å². The van der Waals surface area contributed by atoms with Gasteiger partial charge in [-0.05, 0) is 43.5 Å². The molecule has 2 aromatic heterocycles. The number of carbonyl (C=O) groups excluding carboxylic acids is 1. The van der Waals surface area contributed by atoms with Crippen molar-refractivity contribution in [2.45, 2.75) is 30.7 Å². The average Bonchev–Trinajstić information content (AvgIpc) is 3.42. The first kappa shape index (κ1) is 17.7. The number of nitrogens with zero attached hydrogens (tertiary/aromatic N) is 4. The van der Waals surface area contributed by atoms with Gasteiger partial charge >= 0.3 is 0 Å². The van der Waals surface area contributed by atoms with Crippen LogP contribution in [-0.2, 0) is 5.75 Å². The average molecular weight is 383 g/mol. The molecule has 4 rings (SSSR count). The molecule has 0 atom stereocenters. The molecule has 27 heavy (non-hydrogen) atoms. The van der Waals surface area contributed by atoms with E-state index in [-0.39, 0.29) is 5.91 Å². The molecular formula is C19H21N5O2S. The lowest BCUT2D eigenvalue weighted by molar-refractivity contribution is 0.0793. The van der Waals surface area contributed by atoms with Gasteiger partial charge in [0.05, 0.1) is 11.8 Å². The highest BCUT2D eigenvalue weighted by molar-refractivity contribution is 7.98. The maximum atomic E-state index is 12.4. The molecule has 0 unspecified atom stereocenters. The second kappa shape index (κ2) is 7.48. The third-order valence-corrected chi connectivity index (χ3v) is 5.74. The monoisotopic (exact) mass is 383 g/mol. The number of thioether (sulfide) groups is 1. The van der Waals surface area contributed by atoms with Gasteiger partial charge in [-0.2, -0.15) is 0 Å². The van der Waals surface area contributed by atoms with E-state index in [9.17, 15) is 4.79 Å². The van der Waals surface area contributed by atoms with Crippen LogP contribution in [0.2, 0.25) is 0 Å². The fourth-order valence-electron chi connectivity index (χ4n) is 3.17. The molecule has 0 bridgehead atoms. The molecule has 0 radical (unpaired) electrons. The van der Waals surface area contributed by atoms with E-state index in [2.05, 4.69) is 10.2 Å². The smallest absolute Gasteiger partial charge is 0.253 e. The molecule has 1 amide bonds. The normalized spacial score (nSPS) is 14.0.